The van der Waals surface area contributed by atoms with Crippen molar-refractivity contribution in [2.75, 3.05) is 0 Å². The third kappa shape index (κ3) is 2.85. The SMILES string of the molecule is CC1CCC(N(Cn2nccc2[N+](=O)[O-])C2CC2)CC1. The summed E-state index contributed by atoms with van der Waals surface area (Å²) < 4.78 is 1.54. The van der Waals surface area contributed by atoms with Crippen molar-refractivity contribution in [1.29, 1.82) is 0 Å². The fraction of sp³-hybridized carbons (Fsp3) is 0.786. The summed E-state index contributed by atoms with van der Waals surface area (Å²) >= 11 is 0. The van der Waals surface area contributed by atoms with Gasteiger partial charge in [-0.05, 0) is 49.4 Å². The normalized spacial score (nSPS) is 26.9. The Hall–Kier alpha value is -1.43. The number of hydrogen-bond donors (Lipinski definition) is 0. The van der Waals surface area contributed by atoms with E-state index in [4.69, 9.17) is 0 Å². The van der Waals surface area contributed by atoms with Crippen LogP contribution in [0.4, 0.5) is 5.82 Å². The largest absolute Gasteiger partial charge is 0.358 e. The number of nitro groups is 1. The van der Waals surface area contributed by atoms with Gasteiger partial charge in [0.1, 0.15) is 0 Å². The second-order valence-electron chi connectivity index (χ2n) is 6.25. The standard InChI is InChI=1S/C14H22N4O2/c1-11-2-4-12(5-3-11)16(13-6-7-13)10-17-14(18(19)20)8-9-15-17/h8-9,11-13H,2-7,10H2,1H3. The van der Waals surface area contributed by atoms with Gasteiger partial charge in [0.05, 0.1) is 12.3 Å². The molecule has 0 radical (unpaired) electrons. The average Bonchev–Trinajstić information content (AvgIpc) is 3.15. The molecule has 0 amide bonds. The summed E-state index contributed by atoms with van der Waals surface area (Å²) in [6.45, 7) is 2.88. The summed E-state index contributed by atoms with van der Waals surface area (Å²) in [5, 5.41) is 15.1. The first-order valence-electron chi connectivity index (χ1n) is 7.57. The van der Waals surface area contributed by atoms with Gasteiger partial charge in [-0.3, -0.25) is 4.90 Å². The van der Waals surface area contributed by atoms with Crippen LogP contribution in [-0.4, -0.2) is 31.7 Å². The van der Waals surface area contributed by atoms with Gasteiger partial charge in [0.15, 0.2) is 6.67 Å². The molecule has 0 unspecified atom stereocenters. The zero-order chi connectivity index (χ0) is 14.1. The Morgan fingerprint density at radius 1 is 1.30 bits per heavy atom. The van der Waals surface area contributed by atoms with Gasteiger partial charge in [-0.25, -0.2) is 0 Å². The van der Waals surface area contributed by atoms with E-state index in [2.05, 4.69) is 16.9 Å². The highest BCUT2D eigenvalue weighted by atomic mass is 16.6. The van der Waals surface area contributed by atoms with Crippen LogP contribution in [0, 0.1) is 16.0 Å². The van der Waals surface area contributed by atoms with Crippen molar-refractivity contribution in [3.8, 4) is 0 Å². The number of nitrogens with zero attached hydrogens (tertiary/aromatic N) is 4. The molecule has 1 aromatic rings. The quantitative estimate of drug-likeness (QED) is 0.613. The molecule has 20 heavy (non-hydrogen) atoms. The molecule has 0 aromatic carbocycles. The molecular formula is C14H22N4O2. The van der Waals surface area contributed by atoms with Gasteiger partial charge < -0.3 is 10.1 Å². The number of hydrogen-bond acceptors (Lipinski definition) is 4. The summed E-state index contributed by atoms with van der Waals surface area (Å²) in [6.07, 6.45) is 8.94. The Balaban J connectivity index is 1.71. The van der Waals surface area contributed by atoms with Crippen molar-refractivity contribution < 1.29 is 4.92 Å². The molecule has 0 spiro atoms. The Kier molecular flexibility index (Phi) is 3.74. The van der Waals surface area contributed by atoms with E-state index in [9.17, 15) is 10.1 Å². The van der Waals surface area contributed by atoms with E-state index in [0.29, 0.717) is 18.8 Å². The molecule has 6 heteroatoms. The maximum atomic E-state index is 11.0. The molecule has 0 bridgehead atoms. The van der Waals surface area contributed by atoms with Crippen LogP contribution in [-0.2, 0) is 6.67 Å². The predicted octanol–water partition coefficient (Wildman–Crippen LogP) is 2.79. The van der Waals surface area contributed by atoms with Crippen LogP contribution in [0.15, 0.2) is 12.3 Å². The van der Waals surface area contributed by atoms with Gasteiger partial charge in [-0.15, -0.1) is 4.68 Å². The van der Waals surface area contributed by atoms with Crippen LogP contribution in [0.25, 0.3) is 0 Å². The van der Waals surface area contributed by atoms with Gasteiger partial charge >= 0.3 is 5.82 Å². The minimum atomic E-state index is -0.346. The van der Waals surface area contributed by atoms with E-state index < -0.39 is 0 Å². The Morgan fingerprint density at radius 2 is 1.90 bits per heavy atom. The molecule has 2 saturated carbocycles. The molecule has 110 valence electrons. The van der Waals surface area contributed by atoms with Crippen LogP contribution >= 0.6 is 0 Å². The Labute approximate surface area is 118 Å². The first-order valence-corrected chi connectivity index (χ1v) is 7.57. The topological polar surface area (TPSA) is 64.2 Å². The molecule has 2 aliphatic carbocycles. The van der Waals surface area contributed by atoms with Crippen molar-refractivity contribution in [2.45, 2.75) is 64.2 Å². The van der Waals surface area contributed by atoms with Crippen molar-refractivity contribution in [3.63, 3.8) is 0 Å². The zero-order valence-corrected chi connectivity index (χ0v) is 11.9. The van der Waals surface area contributed by atoms with Crippen molar-refractivity contribution in [3.05, 3.63) is 22.4 Å². The molecule has 1 aromatic heterocycles. The molecule has 3 rings (SSSR count). The summed E-state index contributed by atoms with van der Waals surface area (Å²) in [7, 11) is 0. The second kappa shape index (κ2) is 5.52. The van der Waals surface area contributed by atoms with Crippen LogP contribution < -0.4 is 0 Å². The molecule has 1 heterocycles. The highest BCUT2D eigenvalue weighted by Crippen LogP contribution is 2.35. The predicted molar refractivity (Wildman–Crippen MR) is 75.2 cm³/mol. The molecule has 0 N–H and O–H groups in total. The Morgan fingerprint density at radius 3 is 2.45 bits per heavy atom. The maximum absolute atomic E-state index is 11.0. The van der Waals surface area contributed by atoms with Crippen LogP contribution in [0.3, 0.4) is 0 Å². The molecule has 2 fully saturated rings. The first kappa shape index (κ1) is 13.5. The summed E-state index contributed by atoms with van der Waals surface area (Å²) in [6, 6.07) is 2.66. The van der Waals surface area contributed by atoms with E-state index in [1.165, 1.54) is 55.5 Å². The van der Waals surface area contributed by atoms with Gasteiger partial charge in [0.25, 0.3) is 0 Å². The van der Waals surface area contributed by atoms with Gasteiger partial charge in [-0.1, -0.05) is 12.0 Å². The maximum Gasteiger partial charge on any atom is 0.346 e. The third-order valence-corrected chi connectivity index (χ3v) is 4.65. The molecule has 6 nitrogen and oxygen atoms in total. The van der Waals surface area contributed by atoms with Crippen molar-refractivity contribution in [2.24, 2.45) is 5.92 Å². The monoisotopic (exact) mass is 278 g/mol. The molecule has 0 atom stereocenters. The average molecular weight is 278 g/mol. The smallest absolute Gasteiger partial charge is 0.346 e. The fourth-order valence-corrected chi connectivity index (χ4v) is 3.25. The third-order valence-electron chi connectivity index (χ3n) is 4.65. The lowest BCUT2D eigenvalue weighted by Gasteiger charge is -2.34. The van der Waals surface area contributed by atoms with E-state index in [1.807, 2.05) is 0 Å². The van der Waals surface area contributed by atoms with E-state index in [1.54, 1.807) is 0 Å². The highest BCUT2D eigenvalue weighted by Gasteiger charge is 2.37. The zero-order valence-electron chi connectivity index (χ0n) is 11.9. The summed E-state index contributed by atoms with van der Waals surface area (Å²) in [5.74, 6) is 0.922. The molecule has 2 aliphatic rings. The lowest BCUT2D eigenvalue weighted by Crippen LogP contribution is -2.41. The van der Waals surface area contributed by atoms with E-state index in [-0.39, 0.29) is 10.7 Å². The van der Waals surface area contributed by atoms with E-state index in [0.717, 1.165) is 5.92 Å². The summed E-state index contributed by atoms with van der Waals surface area (Å²) in [5.41, 5.74) is 0. The minimum Gasteiger partial charge on any atom is -0.358 e. The molecular weight excluding hydrogens is 256 g/mol. The Bertz CT molecular complexity index is 475. The molecule has 0 saturated heterocycles. The van der Waals surface area contributed by atoms with Gasteiger partial charge in [0, 0.05) is 12.1 Å². The van der Waals surface area contributed by atoms with Gasteiger partial charge in [-0.2, -0.15) is 0 Å². The van der Waals surface area contributed by atoms with Crippen molar-refractivity contribution in [1.82, 2.24) is 14.7 Å². The van der Waals surface area contributed by atoms with Gasteiger partial charge in [0.2, 0.25) is 0 Å². The number of rotatable bonds is 5. The number of aromatic nitrogens is 2. The van der Waals surface area contributed by atoms with Crippen LogP contribution in [0.1, 0.15) is 45.4 Å². The first-order chi connectivity index (χ1) is 9.65. The molecule has 0 aliphatic heterocycles. The lowest BCUT2D eigenvalue weighted by atomic mass is 9.86. The summed E-state index contributed by atoms with van der Waals surface area (Å²) in [4.78, 5) is 13.1. The second-order valence-corrected chi connectivity index (χ2v) is 6.25. The van der Waals surface area contributed by atoms with E-state index >= 15 is 0 Å². The highest BCUT2D eigenvalue weighted by molar-refractivity contribution is 5.16. The van der Waals surface area contributed by atoms with Crippen LogP contribution in [0.2, 0.25) is 0 Å². The fourth-order valence-electron chi connectivity index (χ4n) is 3.25. The lowest BCUT2D eigenvalue weighted by molar-refractivity contribution is -0.393. The minimum absolute atomic E-state index is 0.0971. The van der Waals surface area contributed by atoms with Crippen LogP contribution in [0.5, 0.6) is 0 Å². The van der Waals surface area contributed by atoms with Crippen molar-refractivity contribution >= 4 is 5.82 Å².